The van der Waals surface area contributed by atoms with E-state index in [4.69, 9.17) is 10.7 Å². The SMILES string of the molecule is C[NH+](C)CCCn1c(N)c(S(=O)(=O)c2ccccc2)c2nc3ccccc3nc21. The molecule has 0 spiro atoms. The number of nitrogens with two attached hydrogens (primary N) is 1. The molecule has 0 saturated carbocycles. The molecule has 2 aromatic heterocycles. The van der Waals surface area contributed by atoms with Crippen LogP contribution in [-0.4, -0.2) is 43.6 Å². The molecule has 4 rings (SSSR count). The zero-order valence-corrected chi connectivity index (χ0v) is 17.3. The molecule has 2 aromatic carbocycles. The van der Waals surface area contributed by atoms with Gasteiger partial charge in [-0.05, 0) is 24.3 Å². The molecular weight excluding hydrogens is 386 g/mol. The second-order valence-electron chi connectivity index (χ2n) is 7.38. The molecule has 2 heterocycles. The third kappa shape index (κ3) is 3.45. The molecule has 0 atom stereocenters. The van der Waals surface area contributed by atoms with E-state index < -0.39 is 9.84 Å². The lowest BCUT2D eigenvalue weighted by Crippen LogP contribution is -3.05. The first-order valence-corrected chi connectivity index (χ1v) is 11.0. The van der Waals surface area contributed by atoms with Gasteiger partial charge in [-0.15, -0.1) is 0 Å². The summed E-state index contributed by atoms with van der Waals surface area (Å²) in [7, 11) is 0.319. The van der Waals surface area contributed by atoms with E-state index in [0.717, 1.165) is 13.0 Å². The molecule has 0 fully saturated rings. The molecule has 0 aliphatic carbocycles. The van der Waals surface area contributed by atoms with Gasteiger partial charge in [0.2, 0.25) is 9.84 Å². The van der Waals surface area contributed by atoms with Crippen LogP contribution in [0, 0.1) is 0 Å². The number of aryl methyl sites for hydroxylation is 1. The topological polar surface area (TPSA) is 95.3 Å². The lowest BCUT2D eigenvalue weighted by molar-refractivity contribution is -0.858. The van der Waals surface area contributed by atoms with Gasteiger partial charge in [0.25, 0.3) is 0 Å². The molecule has 3 N–H and O–H groups in total. The summed E-state index contributed by atoms with van der Waals surface area (Å²) in [5.41, 5.74) is 8.59. The molecule has 0 aliphatic heterocycles. The standard InChI is InChI=1S/C21H23N5O2S/c1-25(2)13-8-14-26-20(22)19(29(27,28)15-9-4-3-5-10-15)18-21(26)24-17-12-7-6-11-16(17)23-18/h3-7,9-12H,8,13-14,22H2,1-2H3/p+1. The van der Waals surface area contributed by atoms with E-state index in [1.807, 2.05) is 24.3 Å². The number of benzene rings is 2. The maximum Gasteiger partial charge on any atom is 0.212 e. The Bertz CT molecular complexity index is 1280. The van der Waals surface area contributed by atoms with Crippen molar-refractivity contribution in [2.75, 3.05) is 26.4 Å². The molecule has 150 valence electrons. The summed E-state index contributed by atoms with van der Waals surface area (Å²) >= 11 is 0. The van der Waals surface area contributed by atoms with Crippen molar-refractivity contribution in [3.63, 3.8) is 0 Å². The Morgan fingerprint density at radius 3 is 2.24 bits per heavy atom. The van der Waals surface area contributed by atoms with Gasteiger partial charge >= 0.3 is 0 Å². The molecule has 0 unspecified atom stereocenters. The monoisotopic (exact) mass is 410 g/mol. The summed E-state index contributed by atoms with van der Waals surface area (Å²) in [5, 5.41) is 0. The van der Waals surface area contributed by atoms with Crippen LogP contribution < -0.4 is 10.6 Å². The van der Waals surface area contributed by atoms with Crippen molar-refractivity contribution in [2.45, 2.75) is 22.8 Å². The van der Waals surface area contributed by atoms with Crippen LogP contribution in [-0.2, 0) is 16.4 Å². The van der Waals surface area contributed by atoms with Gasteiger partial charge in [-0.2, -0.15) is 0 Å². The molecule has 0 aliphatic rings. The molecule has 0 bridgehead atoms. The minimum absolute atomic E-state index is 0.0363. The number of fused-ring (bicyclic) bond motifs is 2. The number of hydrogen-bond donors (Lipinski definition) is 2. The Hall–Kier alpha value is -2.97. The number of quaternary nitrogens is 1. The number of nitrogens with one attached hydrogen (secondary N) is 1. The van der Waals surface area contributed by atoms with Crippen LogP contribution >= 0.6 is 0 Å². The van der Waals surface area contributed by atoms with E-state index in [0.29, 0.717) is 28.7 Å². The normalized spacial score (nSPS) is 12.2. The van der Waals surface area contributed by atoms with Crippen LogP contribution in [0.3, 0.4) is 0 Å². The van der Waals surface area contributed by atoms with Crippen molar-refractivity contribution in [1.82, 2.24) is 14.5 Å². The second-order valence-corrected chi connectivity index (χ2v) is 9.26. The van der Waals surface area contributed by atoms with Crippen molar-refractivity contribution in [1.29, 1.82) is 0 Å². The van der Waals surface area contributed by atoms with Crippen molar-refractivity contribution >= 4 is 37.9 Å². The predicted octanol–water partition coefficient (Wildman–Crippen LogP) is 1.53. The third-order valence-electron chi connectivity index (χ3n) is 4.93. The maximum atomic E-state index is 13.4. The van der Waals surface area contributed by atoms with Gasteiger partial charge in [-0.3, -0.25) is 0 Å². The van der Waals surface area contributed by atoms with Crippen LogP contribution in [0.4, 0.5) is 5.82 Å². The van der Waals surface area contributed by atoms with Gasteiger partial charge < -0.3 is 15.2 Å². The van der Waals surface area contributed by atoms with Crippen molar-refractivity contribution < 1.29 is 13.3 Å². The number of anilines is 1. The first-order chi connectivity index (χ1) is 13.9. The summed E-state index contributed by atoms with van der Waals surface area (Å²) in [5.74, 6) is 0.188. The van der Waals surface area contributed by atoms with Crippen LogP contribution in [0.1, 0.15) is 6.42 Å². The number of nitrogens with zero attached hydrogens (tertiary/aromatic N) is 3. The number of aromatic nitrogens is 3. The molecular formula is C21H24N5O2S+. The second kappa shape index (κ2) is 7.46. The Morgan fingerprint density at radius 1 is 0.966 bits per heavy atom. The molecule has 7 nitrogen and oxygen atoms in total. The van der Waals surface area contributed by atoms with E-state index in [9.17, 15) is 8.42 Å². The summed E-state index contributed by atoms with van der Waals surface area (Å²) < 4.78 is 28.7. The fourth-order valence-corrected chi connectivity index (χ4v) is 5.02. The van der Waals surface area contributed by atoms with E-state index in [1.54, 1.807) is 34.9 Å². The van der Waals surface area contributed by atoms with E-state index in [2.05, 4.69) is 19.1 Å². The quantitative estimate of drug-likeness (QED) is 0.503. The molecule has 0 saturated heterocycles. The highest BCUT2D eigenvalue weighted by molar-refractivity contribution is 7.92. The van der Waals surface area contributed by atoms with E-state index >= 15 is 0 Å². The lowest BCUT2D eigenvalue weighted by atomic mass is 10.3. The fraction of sp³-hybridized carbons (Fsp3) is 0.238. The van der Waals surface area contributed by atoms with Crippen LogP contribution in [0.15, 0.2) is 64.4 Å². The number of hydrogen-bond acceptors (Lipinski definition) is 5. The van der Waals surface area contributed by atoms with Crippen LogP contribution in [0.25, 0.3) is 22.2 Å². The number of sulfone groups is 1. The number of rotatable bonds is 6. The Kier molecular flexibility index (Phi) is 4.97. The molecule has 0 radical (unpaired) electrons. The van der Waals surface area contributed by atoms with Gasteiger partial charge in [0.15, 0.2) is 5.65 Å². The minimum Gasteiger partial charge on any atom is -0.384 e. The Labute approximate surface area is 169 Å². The van der Waals surface area contributed by atoms with Crippen molar-refractivity contribution in [3.05, 3.63) is 54.6 Å². The molecule has 29 heavy (non-hydrogen) atoms. The highest BCUT2D eigenvalue weighted by Gasteiger charge is 2.30. The van der Waals surface area contributed by atoms with Gasteiger partial charge in [0.1, 0.15) is 16.2 Å². The highest BCUT2D eigenvalue weighted by Crippen LogP contribution is 2.35. The molecule has 0 amide bonds. The summed E-state index contributed by atoms with van der Waals surface area (Å²) in [6, 6.07) is 15.7. The smallest absolute Gasteiger partial charge is 0.212 e. The first-order valence-electron chi connectivity index (χ1n) is 9.53. The third-order valence-corrected chi connectivity index (χ3v) is 6.76. The van der Waals surface area contributed by atoms with E-state index in [1.165, 1.54) is 4.90 Å². The van der Waals surface area contributed by atoms with Crippen molar-refractivity contribution in [3.8, 4) is 0 Å². The predicted molar refractivity (Wildman–Crippen MR) is 114 cm³/mol. The summed E-state index contributed by atoms with van der Waals surface area (Å²) in [4.78, 5) is 10.9. The fourth-order valence-electron chi connectivity index (χ4n) is 3.49. The molecule has 4 aromatic rings. The number of para-hydroxylation sites is 2. The average Bonchev–Trinajstić information content (AvgIpc) is 2.98. The van der Waals surface area contributed by atoms with Crippen molar-refractivity contribution in [2.24, 2.45) is 0 Å². The van der Waals surface area contributed by atoms with Gasteiger partial charge in [-0.1, -0.05) is 30.3 Å². The van der Waals surface area contributed by atoms with Crippen LogP contribution in [0.5, 0.6) is 0 Å². The largest absolute Gasteiger partial charge is 0.384 e. The first kappa shape index (κ1) is 19.4. The zero-order chi connectivity index (χ0) is 20.6. The Balaban J connectivity index is 1.98. The molecule has 8 heteroatoms. The highest BCUT2D eigenvalue weighted by atomic mass is 32.2. The van der Waals surface area contributed by atoms with Crippen LogP contribution in [0.2, 0.25) is 0 Å². The maximum absolute atomic E-state index is 13.4. The average molecular weight is 411 g/mol. The summed E-state index contributed by atoms with van der Waals surface area (Å²) in [6.07, 6.45) is 0.843. The van der Waals surface area contributed by atoms with Gasteiger partial charge in [-0.25, -0.2) is 18.4 Å². The number of nitrogen functional groups attached to an aromatic ring is 1. The van der Waals surface area contributed by atoms with Gasteiger partial charge in [0.05, 0.1) is 36.6 Å². The Morgan fingerprint density at radius 2 is 1.59 bits per heavy atom. The zero-order valence-electron chi connectivity index (χ0n) is 16.5. The van der Waals surface area contributed by atoms with E-state index in [-0.39, 0.29) is 15.6 Å². The minimum atomic E-state index is -3.84. The van der Waals surface area contributed by atoms with Gasteiger partial charge in [0, 0.05) is 13.0 Å². The summed E-state index contributed by atoms with van der Waals surface area (Å²) in [6.45, 7) is 1.51. The lowest BCUT2D eigenvalue weighted by Gasteiger charge is -2.10.